The zero-order valence-corrected chi connectivity index (χ0v) is 60.8. The number of ether oxygens (including phenoxy) is 1. The third-order valence-corrected chi connectivity index (χ3v) is 18.4. The highest BCUT2D eigenvalue weighted by Gasteiger charge is 2.30. The second kappa shape index (κ2) is 68.6. The fourth-order valence-electron chi connectivity index (χ4n) is 11.5. The van der Waals surface area contributed by atoms with Gasteiger partial charge in [0.05, 0.1) is 33.8 Å². The summed E-state index contributed by atoms with van der Waals surface area (Å²) in [4.78, 5) is 38.0. The first-order chi connectivity index (χ1) is 43.4. The molecule has 0 rings (SSSR count). The minimum absolute atomic E-state index is 0.0383. The van der Waals surface area contributed by atoms with Crippen molar-refractivity contribution in [1.82, 2.24) is 5.32 Å². The summed E-state index contributed by atoms with van der Waals surface area (Å²) in [5.74, 6) is -0.500. The Morgan fingerprint density at radius 3 is 1.04 bits per heavy atom. The molecule has 0 spiro atoms. The van der Waals surface area contributed by atoms with Crippen molar-refractivity contribution < 1.29 is 37.3 Å². The SMILES string of the molecule is CCCCC/C=C\C/C=C\C/C=C\C/C=C\CCCCCCCCCC(=O)NC(COP(=O)(O)OCC[N+](C)(C)C)C(/C=C/CCCCCCCCCCCCC)OC(=O)CCCCCCCCCCCCCCCCCCCCCCCCCCCCC. The summed E-state index contributed by atoms with van der Waals surface area (Å²) in [6.07, 6.45) is 89.6. The van der Waals surface area contributed by atoms with Crippen LogP contribution in [0.15, 0.2) is 60.8 Å². The second-order valence-electron chi connectivity index (χ2n) is 27.5. The van der Waals surface area contributed by atoms with E-state index in [1.54, 1.807) is 0 Å². The summed E-state index contributed by atoms with van der Waals surface area (Å²) in [6, 6.07) is -0.856. The molecule has 9 nitrogen and oxygen atoms in total. The zero-order chi connectivity index (χ0) is 64.9. The first-order valence-electron chi connectivity index (χ1n) is 38.6. The van der Waals surface area contributed by atoms with Gasteiger partial charge in [-0.3, -0.25) is 18.6 Å². The molecule has 0 aliphatic heterocycles. The Morgan fingerprint density at radius 2 is 0.685 bits per heavy atom. The van der Waals surface area contributed by atoms with Crippen LogP contribution in [0.4, 0.5) is 0 Å². The molecule has 10 heteroatoms. The Balaban J connectivity index is 5.00. The van der Waals surface area contributed by atoms with Gasteiger partial charge in [0.1, 0.15) is 19.3 Å². The molecule has 89 heavy (non-hydrogen) atoms. The van der Waals surface area contributed by atoms with E-state index in [4.69, 9.17) is 13.8 Å². The number of phosphoric acid groups is 1. The van der Waals surface area contributed by atoms with Gasteiger partial charge in [0.15, 0.2) is 0 Å². The predicted octanol–water partition coefficient (Wildman–Crippen LogP) is 24.9. The van der Waals surface area contributed by atoms with E-state index in [2.05, 4.69) is 74.7 Å². The van der Waals surface area contributed by atoms with Crippen LogP contribution in [0.5, 0.6) is 0 Å². The highest BCUT2D eigenvalue weighted by molar-refractivity contribution is 7.47. The van der Waals surface area contributed by atoms with Crippen molar-refractivity contribution in [1.29, 1.82) is 0 Å². The highest BCUT2D eigenvalue weighted by Crippen LogP contribution is 2.43. The van der Waals surface area contributed by atoms with E-state index in [1.807, 2.05) is 33.3 Å². The summed E-state index contributed by atoms with van der Waals surface area (Å²) in [5.41, 5.74) is 0. The smallest absolute Gasteiger partial charge is 0.456 e. The van der Waals surface area contributed by atoms with Crippen molar-refractivity contribution in [2.24, 2.45) is 0 Å². The molecule has 522 valence electrons. The molecule has 0 fully saturated rings. The molecule has 0 saturated carbocycles. The Kier molecular flexibility index (Phi) is 66.8. The molecular weight excluding hydrogens is 1120 g/mol. The van der Waals surface area contributed by atoms with E-state index < -0.39 is 20.0 Å². The highest BCUT2D eigenvalue weighted by atomic mass is 31.2. The van der Waals surface area contributed by atoms with Crippen molar-refractivity contribution in [3.63, 3.8) is 0 Å². The standard InChI is InChI=1S/C79H149N2O7P/c1-7-10-13-16-19-22-25-28-30-32-34-36-38-39-40-41-43-45-47-49-51-54-57-60-63-66-69-72-79(83)88-77(70-67-64-61-58-55-52-27-24-21-18-15-12-9-3)76(75-87-89(84,85)86-74-73-81(4,5)6)80-78(82)71-68-65-62-59-56-53-50-48-46-44-42-37-35-33-31-29-26-23-20-17-14-11-8-2/h20,23,29,31,35,37,44,46,67,70,76-77H,7-19,21-22,24-28,30,32-34,36,38-43,45,47-66,68-69,71-75H2,1-6H3,(H-,80,82,84,85)/p+1/b23-20-,31-29-,37-35-,46-44-,70-67+. The molecule has 2 N–H and O–H groups in total. The average molecular weight is 1270 g/mol. The lowest BCUT2D eigenvalue weighted by Crippen LogP contribution is -2.47. The predicted molar refractivity (Wildman–Crippen MR) is 388 cm³/mol. The molecule has 0 radical (unpaired) electrons. The molecule has 0 aliphatic rings. The third-order valence-electron chi connectivity index (χ3n) is 17.5. The maximum atomic E-state index is 13.6. The third kappa shape index (κ3) is 69.9. The minimum atomic E-state index is -4.46. The number of unbranched alkanes of at least 4 members (excludes halogenated alkanes) is 47. The largest absolute Gasteiger partial charge is 0.472 e. The number of rotatable bonds is 71. The van der Waals surface area contributed by atoms with Gasteiger partial charge in [-0.05, 0) is 76.7 Å². The van der Waals surface area contributed by atoms with Gasteiger partial charge >= 0.3 is 13.8 Å². The molecule has 0 aliphatic carbocycles. The number of carbonyl (C=O) groups is 2. The van der Waals surface area contributed by atoms with Crippen molar-refractivity contribution in [3.05, 3.63) is 60.8 Å². The Labute approximate surface area is 553 Å². The topological polar surface area (TPSA) is 111 Å². The van der Waals surface area contributed by atoms with Gasteiger partial charge in [-0.2, -0.15) is 0 Å². The molecule has 0 aromatic heterocycles. The molecule has 1 amide bonds. The zero-order valence-electron chi connectivity index (χ0n) is 59.9. The number of allylic oxidation sites excluding steroid dienone is 9. The lowest BCUT2D eigenvalue weighted by atomic mass is 10.0. The molecule has 0 bridgehead atoms. The van der Waals surface area contributed by atoms with E-state index >= 15 is 0 Å². The van der Waals surface area contributed by atoms with Crippen LogP contribution < -0.4 is 5.32 Å². The molecule has 0 aromatic rings. The number of hydrogen-bond acceptors (Lipinski definition) is 6. The lowest BCUT2D eigenvalue weighted by molar-refractivity contribution is -0.870. The van der Waals surface area contributed by atoms with Gasteiger partial charge in [0.2, 0.25) is 5.91 Å². The number of esters is 1. The first-order valence-corrected chi connectivity index (χ1v) is 40.1. The summed E-state index contributed by atoms with van der Waals surface area (Å²) >= 11 is 0. The van der Waals surface area contributed by atoms with E-state index in [0.29, 0.717) is 23.9 Å². The fraction of sp³-hybridized carbons (Fsp3) is 0.848. The van der Waals surface area contributed by atoms with Crippen LogP contribution in [-0.2, 0) is 27.9 Å². The molecule has 3 atom stereocenters. The van der Waals surface area contributed by atoms with E-state index in [-0.39, 0.29) is 25.1 Å². The van der Waals surface area contributed by atoms with Gasteiger partial charge < -0.3 is 19.4 Å². The quantitative estimate of drug-likeness (QED) is 0.0205. The number of carbonyl (C=O) groups excluding carboxylic acids is 2. The van der Waals surface area contributed by atoms with Crippen LogP contribution in [0.1, 0.15) is 380 Å². The van der Waals surface area contributed by atoms with Gasteiger partial charge in [-0.1, -0.05) is 352 Å². The molecule has 0 saturated heterocycles. The number of nitrogens with zero attached hydrogens (tertiary/aromatic N) is 1. The van der Waals surface area contributed by atoms with Crippen LogP contribution in [-0.4, -0.2) is 74.3 Å². The van der Waals surface area contributed by atoms with Crippen LogP contribution in [0, 0.1) is 0 Å². The number of nitrogens with one attached hydrogen (secondary N) is 1. The Hall–Kier alpha value is -2.29. The van der Waals surface area contributed by atoms with Crippen molar-refractivity contribution in [2.45, 2.75) is 392 Å². The Bertz CT molecular complexity index is 1700. The van der Waals surface area contributed by atoms with Crippen LogP contribution in [0.3, 0.4) is 0 Å². The minimum Gasteiger partial charge on any atom is -0.456 e. The number of amides is 1. The number of likely N-dealkylation sites (N-methyl/N-ethyl adjacent to an activating group) is 1. The van der Waals surface area contributed by atoms with E-state index in [1.165, 1.54) is 257 Å². The fourth-order valence-corrected chi connectivity index (χ4v) is 12.3. The van der Waals surface area contributed by atoms with Gasteiger partial charge in [-0.25, -0.2) is 4.57 Å². The Morgan fingerprint density at radius 1 is 0.393 bits per heavy atom. The van der Waals surface area contributed by atoms with Crippen molar-refractivity contribution in [3.8, 4) is 0 Å². The molecule has 0 aromatic carbocycles. The number of hydrogen-bond donors (Lipinski definition) is 2. The molecule has 0 heterocycles. The monoisotopic (exact) mass is 1270 g/mol. The van der Waals surface area contributed by atoms with Crippen LogP contribution in [0.25, 0.3) is 0 Å². The first kappa shape index (κ1) is 86.7. The van der Waals surface area contributed by atoms with Gasteiger partial charge in [0, 0.05) is 12.8 Å². The average Bonchev–Trinajstić information content (AvgIpc) is 3.64. The number of quaternary nitrogens is 1. The number of phosphoric ester groups is 1. The second-order valence-corrected chi connectivity index (χ2v) is 29.0. The van der Waals surface area contributed by atoms with Gasteiger partial charge in [0.25, 0.3) is 0 Å². The summed E-state index contributed by atoms with van der Waals surface area (Å²) < 4.78 is 30.9. The van der Waals surface area contributed by atoms with Crippen LogP contribution >= 0.6 is 7.82 Å². The lowest BCUT2D eigenvalue weighted by Gasteiger charge is -2.27. The summed E-state index contributed by atoms with van der Waals surface area (Å²) in [5, 5.41) is 3.08. The normalized spacial score (nSPS) is 13.7. The maximum absolute atomic E-state index is 13.6. The van der Waals surface area contributed by atoms with E-state index in [0.717, 1.165) is 89.9 Å². The molecule has 3 unspecified atom stereocenters. The van der Waals surface area contributed by atoms with Crippen molar-refractivity contribution in [2.75, 3.05) is 40.9 Å². The summed E-state index contributed by atoms with van der Waals surface area (Å²) in [6.45, 7) is 7.04. The molecular formula is C79H150N2O7P+. The maximum Gasteiger partial charge on any atom is 0.472 e. The van der Waals surface area contributed by atoms with E-state index in [9.17, 15) is 19.0 Å². The summed E-state index contributed by atoms with van der Waals surface area (Å²) in [7, 11) is 1.50. The van der Waals surface area contributed by atoms with Gasteiger partial charge in [-0.15, -0.1) is 0 Å². The van der Waals surface area contributed by atoms with Crippen molar-refractivity contribution >= 4 is 19.7 Å². The van der Waals surface area contributed by atoms with Crippen LogP contribution in [0.2, 0.25) is 0 Å².